The van der Waals surface area contributed by atoms with E-state index in [1.165, 1.54) is 37.7 Å². The van der Waals surface area contributed by atoms with Crippen molar-refractivity contribution in [2.24, 2.45) is 5.92 Å². The van der Waals surface area contributed by atoms with Gasteiger partial charge in [0.15, 0.2) is 0 Å². The van der Waals surface area contributed by atoms with Gasteiger partial charge in [0.1, 0.15) is 11.5 Å². The Kier molecular flexibility index (Phi) is 8.68. The van der Waals surface area contributed by atoms with E-state index in [4.69, 9.17) is 4.74 Å². The molecule has 1 saturated heterocycles. The van der Waals surface area contributed by atoms with E-state index in [0.717, 1.165) is 38.7 Å². The van der Waals surface area contributed by atoms with Crippen LogP contribution in [0.5, 0.6) is 11.5 Å². The summed E-state index contributed by atoms with van der Waals surface area (Å²) in [5, 5.41) is 3.28. The first-order valence-electron chi connectivity index (χ1n) is 12.7. The number of carbonyl (C=O) groups is 1. The number of nitrogens with one attached hydrogen (secondary N) is 2. The van der Waals surface area contributed by atoms with Gasteiger partial charge in [0, 0.05) is 38.2 Å². The second-order valence-corrected chi connectivity index (χ2v) is 11.7. The maximum absolute atomic E-state index is 12.4. The van der Waals surface area contributed by atoms with Gasteiger partial charge in [-0.05, 0) is 61.4 Å². The Morgan fingerprint density at radius 1 is 0.971 bits per heavy atom. The molecule has 0 unspecified atom stereocenters. The van der Waals surface area contributed by atoms with Gasteiger partial charge in [-0.3, -0.25) is 14.4 Å². The number of hydrogen-bond donors (Lipinski definition) is 2. The van der Waals surface area contributed by atoms with Crippen LogP contribution < -0.4 is 14.8 Å². The average Bonchev–Trinajstić information content (AvgIpc) is 2.81. The Morgan fingerprint density at radius 3 is 2.37 bits per heavy atom. The summed E-state index contributed by atoms with van der Waals surface area (Å²) in [4.78, 5) is 14.9. The summed E-state index contributed by atoms with van der Waals surface area (Å²) in [6.45, 7) is 2.83. The second kappa shape index (κ2) is 11.9. The van der Waals surface area contributed by atoms with Crippen molar-refractivity contribution in [3.63, 3.8) is 0 Å². The molecule has 2 aromatic rings. The van der Waals surface area contributed by atoms with Gasteiger partial charge in [0.05, 0.1) is 11.9 Å². The van der Waals surface area contributed by atoms with Crippen molar-refractivity contribution in [1.29, 1.82) is 0 Å². The van der Waals surface area contributed by atoms with Gasteiger partial charge in [-0.1, -0.05) is 37.5 Å². The van der Waals surface area contributed by atoms with E-state index >= 15 is 0 Å². The average molecular weight is 500 g/mol. The molecule has 8 heteroatoms. The SMILES string of the molecule is CS(=O)(=O)Nc1cccc(Oc2ccc(CN3CCC(NC(=O)CC4CCCCC4)CC3)cc2)c1. The molecule has 0 radical (unpaired) electrons. The van der Waals surface area contributed by atoms with Gasteiger partial charge in [-0.25, -0.2) is 8.42 Å². The summed E-state index contributed by atoms with van der Waals surface area (Å²) in [5.41, 5.74) is 1.68. The molecule has 0 spiro atoms. The molecule has 1 heterocycles. The van der Waals surface area contributed by atoms with Crippen molar-refractivity contribution in [1.82, 2.24) is 10.2 Å². The molecule has 2 N–H and O–H groups in total. The molecule has 35 heavy (non-hydrogen) atoms. The van der Waals surface area contributed by atoms with Crippen molar-refractivity contribution in [2.75, 3.05) is 24.1 Å². The van der Waals surface area contributed by atoms with Crippen LogP contribution in [0.25, 0.3) is 0 Å². The van der Waals surface area contributed by atoms with E-state index in [2.05, 4.69) is 27.1 Å². The summed E-state index contributed by atoms with van der Waals surface area (Å²) in [7, 11) is -3.33. The lowest BCUT2D eigenvalue weighted by Crippen LogP contribution is -2.44. The molecule has 190 valence electrons. The van der Waals surface area contributed by atoms with Crippen LogP contribution in [0.2, 0.25) is 0 Å². The largest absolute Gasteiger partial charge is 0.457 e. The standard InChI is InChI=1S/C27H37N3O4S/c1-35(32,33)29-24-8-5-9-26(19-24)34-25-12-10-22(11-13-25)20-30-16-14-23(15-17-30)28-27(31)18-21-6-3-2-4-7-21/h5,8-13,19,21,23,29H,2-4,6-7,14-18,20H2,1H3,(H,28,31). The van der Waals surface area contributed by atoms with E-state index < -0.39 is 10.0 Å². The highest BCUT2D eigenvalue weighted by Crippen LogP contribution is 2.27. The zero-order valence-electron chi connectivity index (χ0n) is 20.5. The first-order chi connectivity index (χ1) is 16.8. The van der Waals surface area contributed by atoms with Crippen molar-refractivity contribution >= 4 is 21.6 Å². The third kappa shape index (κ3) is 8.54. The molecule has 4 rings (SSSR count). The summed E-state index contributed by atoms with van der Waals surface area (Å²) in [6, 6.07) is 15.2. The zero-order chi connectivity index (χ0) is 24.7. The number of nitrogens with zero attached hydrogens (tertiary/aromatic N) is 1. The number of rotatable bonds is 9. The minimum Gasteiger partial charge on any atom is -0.457 e. The second-order valence-electron chi connectivity index (χ2n) is 9.97. The monoisotopic (exact) mass is 499 g/mol. The van der Waals surface area contributed by atoms with E-state index in [-0.39, 0.29) is 5.91 Å². The lowest BCUT2D eigenvalue weighted by molar-refractivity contribution is -0.123. The van der Waals surface area contributed by atoms with Crippen LogP contribution in [0.4, 0.5) is 5.69 Å². The zero-order valence-corrected chi connectivity index (χ0v) is 21.4. The Morgan fingerprint density at radius 2 is 1.69 bits per heavy atom. The third-order valence-corrected chi connectivity index (χ3v) is 7.46. The number of anilines is 1. The Labute approximate surface area is 209 Å². The molecule has 1 saturated carbocycles. The predicted octanol–water partition coefficient (Wildman–Crippen LogP) is 4.90. The molecule has 0 atom stereocenters. The highest BCUT2D eigenvalue weighted by Gasteiger charge is 2.23. The molecule has 7 nitrogen and oxygen atoms in total. The minimum atomic E-state index is -3.33. The van der Waals surface area contributed by atoms with E-state index in [1.807, 2.05) is 12.1 Å². The first kappa shape index (κ1) is 25.5. The topological polar surface area (TPSA) is 87.7 Å². The van der Waals surface area contributed by atoms with Crippen molar-refractivity contribution < 1.29 is 17.9 Å². The van der Waals surface area contributed by atoms with Gasteiger partial charge < -0.3 is 10.1 Å². The maximum Gasteiger partial charge on any atom is 0.229 e. The fourth-order valence-electron chi connectivity index (χ4n) is 5.07. The minimum absolute atomic E-state index is 0.239. The van der Waals surface area contributed by atoms with Gasteiger partial charge in [-0.2, -0.15) is 0 Å². The molecule has 0 bridgehead atoms. The number of carbonyl (C=O) groups excluding carboxylic acids is 1. The van der Waals surface area contributed by atoms with Crippen LogP contribution in [0, 0.1) is 5.92 Å². The van der Waals surface area contributed by atoms with Crippen LogP contribution in [-0.4, -0.2) is 44.6 Å². The number of amides is 1. The molecule has 2 aliphatic rings. The maximum atomic E-state index is 12.4. The smallest absolute Gasteiger partial charge is 0.229 e. The summed E-state index contributed by atoms with van der Waals surface area (Å²) >= 11 is 0. The normalized spacial score (nSPS) is 18.2. The molecule has 2 aromatic carbocycles. The highest BCUT2D eigenvalue weighted by atomic mass is 32.2. The van der Waals surface area contributed by atoms with Crippen LogP contribution in [0.15, 0.2) is 48.5 Å². The van der Waals surface area contributed by atoms with Gasteiger partial charge in [0.25, 0.3) is 0 Å². The fourth-order valence-corrected chi connectivity index (χ4v) is 5.62. The Balaban J connectivity index is 1.20. The number of ether oxygens (including phenoxy) is 1. The third-order valence-electron chi connectivity index (χ3n) is 6.85. The lowest BCUT2D eigenvalue weighted by atomic mass is 9.86. The molecule has 1 aliphatic heterocycles. The van der Waals surface area contributed by atoms with Gasteiger partial charge in [-0.15, -0.1) is 0 Å². The van der Waals surface area contributed by atoms with Crippen LogP contribution in [0.3, 0.4) is 0 Å². The number of sulfonamides is 1. The van der Waals surface area contributed by atoms with E-state index in [0.29, 0.717) is 35.6 Å². The highest BCUT2D eigenvalue weighted by molar-refractivity contribution is 7.92. The van der Waals surface area contributed by atoms with Gasteiger partial charge in [0.2, 0.25) is 15.9 Å². The fraction of sp³-hybridized carbons (Fsp3) is 0.519. The van der Waals surface area contributed by atoms with Crippen molar-refractivity contribution in [3.05, 3.63) is 54.1 Å². The summed E-state index contributed by atoms with van der Waals surface area (Å²) in [6.07, 6.45) is 10.1. The molecular weight excluding hydrogens is 462 g/mol. The van der Waals surface area contributed by atoms with E-state index in [9.17, 15) is 13.2 Å². The molecule has 1 amide bonds. The number of benzene rings is 2. The van der Waals surface area contributed by atoms with Crippen molar-refractivity contribution in [3.8, 4) is 11.5 Å². The Bertz CT molecular complexity index is 1070. The summed E-state index contributed by atoms with van der Waals surface area (Å²) < 4.78 is 31.2. The molecule has 2 fully saturated rings. The van der Waals surface area contributed by atoms with Gasteiger partial charge >= 0.3 is 0 Å². The van der Waals surface area contributed by atoms with Crippen LogP contribution in [-0.2, 0) is 21.4 Å². The van der Waals surface area contributed by atoms with Crippen molar-refractivity contribution in [2.45, 2.75) is 64.0 Å². The predicted molar refractivity (Wildman–Crippen MR) is 139 cm³/mol. The number of likely N-dealkylation sites (tertiary alicyclic amines) is 1. The first-order valence-corrected chi connectivity index (χ1v) is 14.6. The molecule has 1 aliphatic carbocycles. The summed E-state index contributed by atoms with van der Waals surface area (Å²) in [5.74, 6) is 2.09. The molecular formula is C27H37N3O4S. The number of hydrogen-bond acceptors (Lipinski definition) is 5. The van der Waals surface area contributed by atoms with E-state index in [1.54, 1.807) is 24.3 Å². The van der Waals surface area contributed by atoms with Crippen LogP contribution >= 0.6 is 0 Å². The van der Waals surface area contributed by atoms with Crippen LogP contribution in [0.1, 0.15) is 56.9 Å². The Hall–Kier alpha value is -2.58. The molecule has 0 aromatic heterocycles. The number of piperidine rings is 1. The quantitative estimate of drug-likeness (QED) is 0.512. The lowest BCUT2D eigenvalue weighted by Gasteiger charge is -2.32.